The minimum absolute atomic E-state index is 0. The van der Waals surface area contributed by atoms with Gasteiger partial charge in [0, 0.05) is 19.3 Å². The second kappa shape index (κ2) is 14.6. The molecule has 4 N–H and O–H groups in total. The second-order valence-corrected chi connectivity index (χ2v) is 12.4. The fourth-order valence-electron chi connectivity index (χ4n) is 5.88. The lowest BCUT2D eigenvalue weighted by Gasteiger charge is -2.28. The largest absolute Gasteiger partial charge is 0.374 e. The van der Waals surface area contributed by atoms with Crippen LogP contribution in [0.2, 0.25) is 0 Å². The Kier molecular flexibility index (Phi) is 10.9. The number of ether oxygens (including phenoxy) is 1. The van der Waals surface area contributed by atoms with Gasteiger partial charge in [0.15, 0.2) is 5.82 Å². The SMILES string of the molecule is C.CC(C)(N)C(=O)N[C@H](COCc1ccccc1)C(=O)Nc1cn(C(C(=O)N2CC3CCC(CC3)C2)c2ccccc2)cn1. The van der Waals surface area contributed by atoms with Crippen molar-refractivity contribution in [2.24, 2.45) is 17.6 Å². The minimum atomic E-state index is -1.18. The zero-order valence-electron chi connectivity index (χ0n) is 24.9. The molecule has 0 spiro atoms. The lowest BCUT2D eigenvalue weighted by atomic mass is 9.84. The summed E-state index contributed by atoms with van der Waals surface area (Å²) in [4.78, 5) is 46.6. The lowest BCUT2D eigenvalue weighted by molar-refractivity contribution is -0.134. The summed E-state index contributed by atoms with van der Waals surface area (Å²) >= 11 is 0. The van der Waals surface area contributed by atoms with Gasteiger partial charge in [0.05, 0.1) is 25.1 Å². The Morgan fingerprint density at radius 3 is 2.16 bits per heavy atom. The third-order valence-electron chi connectivity index (χ3n) is 8.34. The van der Waals surface area contributed by atoms with Gasteiger partial charge in [0.2, 0.25) is 11.8 Å². The van der Waals surface area contributed by atoms with E-state index in [1.165, 1.54) is 25.7 Å². The van der Waals surface area contributed by atoms with Crippen LogP contribution in [0.25, 0.3) is 0 Å². The summed E-state index contributed by atoms with van der Waals surface area (Å²) in [6.07, 6.45) is 7.95. The number of hydrogen-bond acceptors (Lipinski definition) is 6. The average molecular weight is 603 g/mol. The number of nitrogens with one attached hydrogen (secondary N) is 2. The van der Waals surface area contributed by atoms with Gasteiger partial charge in [-0.05, 0) is 62.5 Å². The van der Waals surface area contributed by atoms with Crippen molar-refractivity contribution in [1.82, 2.24) is 19.8 Å². The Hall–Kier alpha value is -4.02. The number of nitrogens with two attached hydrogens (primary N) is 1. The van der Waals surface area contributed by atoms with Crippen LogP contribution in [0.15, 0.2) is 73.2 Å². The van der Waals surface area contributed by atoms with Gasteiger partial charge >= 0.3 is 0 Å². The van der Waals surface area contributed by atoms with Gasteiger partial charge in [-0.1, -0.05) is 68.1 Å². The van der Waals surface area contributed by atoms with Crippen LogP contribution < -0.4 is 16.4 Å². The van der Waals surface area contributed by atoms with Gasteiger partial charge in [-0.2, -0.15) is 0 Å². The molecule has 1 aliphatic carbocycles. The molecule has 3 amide bonds. The molecule has 10 heteroatoms. The van der Waals surface area contributed by atoms with Crippen molar-refractivity contribution in [2.45, 2.75) is 71.2 Å². The van der Waals surface area contributed by atoms with E-state index in [-0.39, 0.29) is 32.4 Å². The zero-order chi connectivity index (χ0) is 30.4. The normalized spacial score (nSPS) is 19.3. The first-order chi connectivity index (χ1) is 20.7. The molecule has 1 aromatic heterocycles. The van der Waals surface area contributed by atoms with E-state index in [1.54, 1.807) is 30.9 Å². The molecule has 236 valence electrons. The Labute approximate surface area is 260 Å². The molecule has 2 bridgehead atoms. The maximum absolute atomic E-state index is 14.1. The van der Waals surface area contributed by atoms with Crippen molar-refractivity contribution in [1.29, 1.82) is 0 Å². The van der Waals surface area contributed by atoms with E-state index in [2.05, 4.69) is 15.6 Å². The zero-order valence-corrected chi connectivity index (χ0v) is 24.9. The van der Waals surface area contributed by atoms with E-state index in [9.17, 15) is 14.4 Å². The molecule has 1 unspecified atom stereocenters. The molecule has 3 fully saturated rings. The summed E-state index contributed by atoms with van der Waals surface area (Å²) in [6.45, 7) is 4.91. The minimum Gasteiger partial charge on any atom is -0.374 e. The number of imidazole rings is 1. The molecule has 3 aromatic rings. The van der Waals surface area contributed by atoms with Crippen LogP contribution in [-0.4, -0.2) is 63.4 Å². The van der Waals surface area contributed by atoms with Crippen LogP contribution >= 0.6 is 0 Å². The molecule has 2 aromatic carbocycles. The highest BCUT2D eigenvalue weighted by Crippen LogP contribution is 2.35. The van der Waals surface area contributed by atoms with Crippen molar-refractivity contribution < 1.29 is 19.1 Å². The van der Waals surface area contributed by atoms with Gasteiger partial charge in [0.1, 0.15) is 12.1 Å². The average Bonchev–Trinajstić information content (AvgIpc) is 3.22. The molecule has 3 heterocycles. The Morgan fingerprint density at radius 2 is 1.57 bits per heavy atom. The number of rotatable bonds is 11. The van der Waals surface area contributed by atoms with Gasteiger partial charge in [-0.3, -0.25) is 14.4 Å². The van der Waals surface area contributed by atoms with Crippen molar-refractivity contribution >= 4 is 23.5 Å². The van der Waals surface area contributed by atoms with Crippen LogP contribution in [0.1, 0.15) is 64.1 Å². The number of carbonyl (C=O) groups excluding carboxylic acids is 3. The second-order valence-electron chi connectivity index (χ2n) is 12.4. The number of amides is 3. The third-order valence-corrected chi connectivity index (χ3v) is 8.34. The van der Waals surface area contributed by atoms with E-state index in [1.807, 2.05) is 65.6 Å². The fraction of sp³-hybridized carbons (Fsp3) is 0.471. The molecule has 2 aliphatic heterocycles. The van der Waals surface area contributed by atoms with Crippen molar-refractivity contribution in [3.63, 3.8) is 0 Å². The van der Waals surface area contributed by atoms with E-state index < -0.39 is 29.4 Å². The van der Waals surface area contributed by atoms with E-state index >= 15 is 0 Å². The molecule has 2 saturated heterocycles. The van der Waals surface area contributed by atoms with Crippen LogP contribution in [-0.2, 0) is 25.7 Å². The summed E-state index contributed by atoms with van der Waals surface area (Å²) in [5, 5.41) is 5.50. The first-order valence-electron chi connectivity index (χ1n) is 15.1. The van der Waals surface area contributed by atoms with Crippen LogP contribution in [0.5, 0.6) is 0 Å². The maximum atomic E-state index is 14.1. The highest BCUT2D eigenvalue weighted by molar-refractivity contribution is 5.98. The number of anilines is 1. The fourth-order valence-corrected chi connectivity index (χ4v) is 5.88. The number of hydrogen-bond donors (Lipinski definition) is 3. The van der Waals surface area contributed by atoms with Crippen LogP contribution in [0, 0.1) is 11.8 Å². The van der Waals surface area contributed by atoms with Gasteiger partial charge in [-0.25, -0.2) is 4.98 Å². The molecule has 0 radical (unpaired) electrons. The summed E-state index contributed by atoms with van der Waals surface area (Å²) in [5.41, 5.74) is 6.59. The van der Waals surface area contributed by atoms with Crippen molar-refractivity contribution in [3.8, 4) is 0 Å². The lowest BCUT2D eigenvalue weighted by Crippen LogP contribution is -2.56. The number of fused-ring (bicyclic) bond motifs is 4. The van der Waals surface area contributed by atoms with Gasteiger partial charge in [0.25, 0.3) is 5.91 Å². The van der Waals surface area contributed by atoms with E-state index in [0.29, 0.717) is 11.8 Å². The molecule has 1 saturated carbocycles. The number of aromatic nitrogens is 2. The highest BCUT2D eigenvalue weighted by atomic mass is 16.5. The predicted molar refractivity (Wildman–Crippen MR) is 170 cm³/mol. The number of nitrogens with zero attached hydrogens (tertiary/aromatic N) is 3. The highest BCUT2D eigenvalue weighted by Gasteiger charge is 2.36. The van der Waals surface area contributed by atoms with Crippen LogP contribution in [0.3, 0.4) is 0 Å². The Morgan fingerprint density at radius 1 is 0.977 bits per heavy atom. The summed E-state index contributed by atoms with van der Waals surface area (Å²) in [6, 6.07) is 17.6. The first kappa shape index (κ1) is 32.9. The monoisotopic (exact) mass is 602 g/mol. The smallest absolute Gasteiger partial charge is 0.250 e. The Balaban J connectivity index is 0.00000442. The molecule has 10 nitrogen and oxygen atoms in total. The van der Waals surface area contributed by atoms with Gasteiger partial charge in [-0.15, -0.1) is 0 Å². The van der Waals surface area contributed by atoms with E-state index in [4.69, 9.17) is 10.5 Å². The summed E-state index contributed by atoms with van der Waals surface area (Å²) in [7, 11) is 0. The van der Waals surface area contributed by atoms with Gasteiger partial charge < -0.3 is 30.6 Å². The summed E-state index contributed by atoms with van der Waals surface area (Å²) in [5.74, 6) is 0.414. The van der Waals surface area contributed by atoms with E-state index in [0.717, 1.165) is 24.2 Å². The quantitative estimate of drug-likeness (QED) is 0.302. The first-order valence-corrected chi connectivity index (χ1v) is 15.1. The Bertz CT molecular complexity index is 1370. The summed E-state index contributed by atoms with van der Waals surface area (Å²) < 4.78 is 7.55. The maximum Gasteiger partial charge on any atom is 0.250 e. The molecular formula is C34H46N6O4. The number of carbonyl (C=O) groups is 3. The molecule has 6 rings (SSSR count). The predicted octanol–water partition coefficient (Wildman–Crippen LogP) is 4.13. The van der Waals surface area contributed by atoms with Crippen molar-refractivity contribution in [2.75, 3.05) is 25.0 Å². The molecule has 44 heavy (non-hydrogen) atoms. The molecule has 2 atom stereocenters. The third kappa shape index (κ3) is 8.33. The van der Waals surface area contributed by atoms with Crippen molar-refractivity contribution in [3.05, 3.63) is 84.3 Å². The molecular weight excluding hydrogens is 556 g/mol. The van der Waals surface area contributed by atoms with Crippen LogP contribution in [0.4, 0.5) is 5.82 Å². The topological polar surface area (TPSA) is 132 Å². The standard InChI is InChI=1S/C33H42N6O4.CH4/c1-33(2,34)32(42)36-27(21-43-20-25-9-5-3-6-10-25)30(40)37-28-19-39(22-35-28)29(26-11-7-4-8-12-26)31(41)38-17-23-13-14-24(18-38)16-15-23;/h3-12,19,22-24,27,29H,13-18,20-21,34H2,1-2H3,(H,36,42)(H,37,40);1H4/t23?,24?,27-,29?;/m1./s1. The molecule has 3 aliphatic rings. The number of benzene rings is 2.